The molecule has 1 aliphatic heterocycles. The van der Waals surface area contributed by atoms with Crippen molar-refractivity contribution >= 4 is 29.9 Å². The molecule has 1 aromatic carbocycles. The fourth-order valence-electron chi connectivity index (χ4n) is 3.22. The SMILES string of the molecule is I.NC(=NCc1ccc(CN2CCCCC2)cc1)NCCc1ccccn1. The summed E-state index contributed by atoms with van der Waals surface area (Å²) < 4.78 is 0. The number of guanidine groups is 1. The van der Waals surface area contributed by atoms with Crippen LogP contribution >= 0.6 is 24.0 Å². The summed E-state index contributed by atoms with van der Waals surface area (Å²) in [5.41, 5.74) is 9.56. The molecule has 0 radical (unpaired) electrons. The summed E-state index contributed by atoms with van der Waals surface area (Å²) in [6.07, 6.45) is 6.69. The van der Waals surface area contributed by atoms with Gasteiger partial charge in [-0.25, -0.2) is 4.99 Å². The van der Waals surface area contributed by atoms with Crippen molar-refractivity contribution in [2.45, 2.75) is 38.8 Å². The first kappa shape index (κ1) is 21.6. The predicted molar refractivity (Wildman–Crippen MR) is 122 cm³/mol. The Bertz CT molecular complexity index is 681. The van der Waals surface area contributed by atoms with E-state index in [9.17, 15) is 0 Å². The van der Waals surface area contributed by atoms with Crippen molar-refractivity contribution in [2.24, 2.45) is 10.7 Å². The highest BCUT2D eigenvalue weighted by Crippen LogP contribution is 2.13. The van der Waals surface area contributed by atoms with Crippen LogP contribution in [0.15, 0.2) is 53.7 Å². The summed E-state index contributed by atoms with van der Waals surface area (Å²) in [5, 5.41) is 3.15. The predicted octanol–water partition coefficient (Wildman–Crippen LogP) is 3.33. The number of pyridine rings is 1. The third-order valence-electron chi connectivity index (χ3n) is 4.72. The van der Waals surface area contributed by atoms with E-state index in [2.05, 4.69) is 44.5 Å². The summed E-state index contributed by atoms with van der Waals surface area (Å²) in [4.78, 5) is 11.3. The highest BCUT2D eigenvalue weighted by Gasteiger charge is 2.10. The Morgan fingerprint density at radius 1 is 1.04 bits per heavy atom. The van der Waals surface area contributed by atoms with Gasteiger partial charge in [-0.2, -0.15) is 0 Å². The lowest BCUT2D eigenvalue weighted by Crippen LogP contribution is -2.33. The molecule has 1 fully saturated rings. The van der Waals surface area contributed by atoms with Gasteiger partial charge in [0.2, 0.25) is 0 Å². The van der Waals surface area contributed by atoms with Gasteiger partial charge in [-0.05, 0) is 49.2 Å². The summed E-state index contributed by atoms with van der Waals surface area (Å²) in [6, 6.07) is 14.7. The number of nitrogens with zero attached hydrogens (tertiary/aromatic N) is 3. The normalized spacial score (nSPS) is 15.2. The maximum Gasteiger partial charge on any atom is 0.188 e. The Morgan fingerprint density at radius 2 is 1.78 bits per heavy atom. The van der Waals surface area contributed by atoms with Gasteiger partial charge in [-0.15, -0.1) is 24.0 Å². The summed E-state index contributed by atoms with van der Waals surface area (Å²) in [6.45, 7) is 4.85. The lowest BCUT2D eigenvalue weighted by molar-refractivity contribution is 0.221. The number of hydrogen-bond donors (Lipinski definition) is 2. The molecular formula is C21H30IN5. The average molecular weight is 479 g/mol. The van der Waals surface area contributed by atoms with Crippen LogP contribution in [0.4, 0.5) is 0 Å². The Hall–Kier alpha value is -1.67. The van der Waals surface area contributed by atoms with Crippen LogP contribution in [0.3, 0.4) is 0 Å². The highest BCUT2D eigenvalue weighted by molar-refractivity contribution is 14.0. The van der Waals surface area contributed by atoms with Crippen molar-refractivity contribution in [1.29, 1.82) is 0 Å². The van der Waals surface area contributed by atoms with Crippen LogP contribution in [0.25, 0.3) is 0 Å². The first-order chi connectivity index (χ1) is 12.8. The molecular weight excluding hydrogens is 449 g/mol. The van der Waals surface area contributed by atoms with Gasteiger partial charge in [0.1, 0.15) is 0 Å². The first-order valence-corrected chi connectivity index (χ1v) is 9.53. The van der Waals surface area contributed by atoms with Crippen LogP contribution in [0.1, 0.15) is 36.1 Å². The molecule has 5 nitrogen and oxygen atoms in total. The maximum absolute atomic E-state index is 5.95. The molecule has 1 aliphatic rings. The fraction of sp³-hybridized carbons (Fsp3) is 0.429. The number of likely N-dealkylation sites (tertiary alicyclic amines) is 1. The Balaban J connectivity index is 0.00000261. The Kier molecular flexibility index (Phi) is 9.55. The molecule has 0 atom stereocenters. The molecule has 0 spiro atoms. The number of piperidine rings is 1. The lowest BCUT2D eigenvalue weighted by atomic mass is 10.1. The second-order valence-corrected chi connectivity index (χ2v) is 6.85. The zero-order valence-corrected chi connectivity index (χ0v) is 18.1. The number of nitrogens with one attached hydrogen (secondary N) is 1. The van der Waals surface area contributed by atoms with Gasteiger partial charge in [-0.1, -0.05) is 36.8 Å². The van der Waals surface area contributed by atoms with Crippen molar-refractivity contribution in [1.82, 2.24) is 15.2 Å². The molecule has 1 aromatic heterocycles. The van der Waals surface area contributed by atoms with Crippen LogP contribution in [0, 0.1) is 0 Å². The maximum atomic E-state index is 5.95. The van der Waals surface area contributed by atoms with E-state index in [0.717, 1.165) is 25.2 Å². The van der Waals surface area contributed by atoms with Crippen molar-refractivity contribution < 1.29 is 0 Å². The zero-order chi connectivity index (χ0) is 18.0. The molecule has 0 saturated carbocycles. The molecule has 0 unspecified atom stereocenters. The molecule has 27 heavy (non-hydrogen) atoms. The topological polar surface area (TPSA) is 66.5 Å². The average Bonchev–Trinajstić information content (AvgIpc) is 2.69. The quantitative estimate of drug-likeness (QED) is 0.363. The number of hydrogen-bond acceptors (Lipinski definition) is 3. The zero-order valence-electron chi connectivity index (χ0n) is 15.8. The van der Waals surface area contributed by atoms with Crippen LogP contribution in [-0.2, 0) is 19.5 Å². The fourth-order valence-corrected chi connectivity index (χ4v) is 3.22. The number of halogens is 1. The van der Waals surface area contributed by atoms with Crippen LogP contribution in [0.5, 0.6) is 0 Å². The second-order valence-electron chi connectivity index (χ2n) is 6.85. The second kappa shape index (κ2) is 11.9. The van der Waals surface area contributed by atoms with E-state index >= 15 is 0 Å². The van der Waals surface area contributed by atoms with Crippen molar-refractivity contribution in [3.05, 3.63) is 65.5 Å². The molecule has 1 saturated heterocycles. The van der Waals surface area contributed by atoms with Gasteiger partial charge in [0.25, 0.3) is 0 Å². The van der Waals surface area contributed by atoms with Gasteiger partial charge in [0.15, 0.2) is 5.96 Å². The van der Waals surface area contributed by atoms with Gasteiger partial charge >= 0.3 is 0 Å². The third kappa shape index (κ3) is 7.84. The number of aromatic nitrogens is 1. The first-order valence-electron chi connectivity index (χ1n) is 9.53. The largest absolute Gasteiger partial charge is 0.370 e. The Labute approximate surface area is 179 Å². The minimum atomic E-state index is 0. The van der Waals surface area contributed by atoms with E-state index in [1.807, 2.05) is 24.4 Å². The molecule has 0 aliphatic carbocycles. The monoisotopic (exact) mass is 479 g/mol. The summed E-state index contributed by atoms with van der Waals surface area (Å²) in [5.74, 6) is 0.485. The molecule has 6 heteroatoms. The van der Waals surface area contributed by atoms with E-state index in [0.29, 0.717) is 12.5 Å². The Morgan fingerprint density at radius 3 is 2.48 bits per heavy atom. The van der Waals surface area contributed by atoms with E-state index in [4.69, 9.17) is 5.73 Å². The highest BCUT2D eigenvalue weighted by atomic mass is 127. The summed E-state index contributed by atoms with van der Waals surface area (Å²) in [7, 11) is 0. The molecule has 3 rings (SSSR count). The van der Waals surface area contributed by atoms with E-state index in [-0.39, 0.29) is 24.0 Å². The van der Waals surface area contributed by atoms with Crippen LogP contribution in [0.2, 0.25) is 0 Å². The van der Waals surface area contributed by atoms with Crippen LogP contribution < -0.4 is 11.1 Å². The van der Waals surface area contributed by atoms with Crippen molar-refractivity contribution in [3.63, 3.8) is 0 Å². The van der Waals surface area contributed by atoms with Gasteiger partial charge in [0, 0.05) is 31.4 Å². The molecule has 2 heterocycles. The number of benzene rings is 1. The van der Waals surface area contributed by atoms with Crippen molar-refractivity contribution in [2.75, 3.05) is 19.6 Å². The molecule has 0 bridgehead atoms. The summed E-state index contributed by atoms with van der Waals surface area (Å²) >= 11 is 0. The molecule has 3 N–H and O–H groups in total. The van der Waals surface area contributed by atoms with Gasteiger partial charge in [-0.3, -0.25) is 9.88 Å². The van der Waals surface area contributed by atoms with Gasteiger partial charge in [0.05, 0.1) is 6.54 Å². The standard InChI is InChI=1S/C21H29N5.HI/c22-21(24-13-11-20-6-2-3-12-23-20)25-16-18-7-9-19(10-8-18)17-26-14-4-1-5-15-26;/h2-3,6-10,12H,1,4-5,11,13-17H2,(H3,22,24,25);1H. The number of rotatable bonds is 7. The molecule has 2 aromatic rings. The van der Waals surface area contributed by atoms with E-state index in [1.54, 1.807) is 0 Å². The van der Waals surface area contributed by atoms with Gasteiger partial charge < -0.3 is 11.1 Å². The van der Waals surface area contributed by atoms with E-state index in [1.165, 1.54) is 43.5 Å². The smallest absolute Gasteiger partial charge is 0.188 e. The minimum absolute atomic E-state index is 0. The van der Waals surface area contributed by atoms with E-state index < -0.39 is 0 Å². The lowest BCUT2D eigenvalue weighted by Gasteiger charge is -2.26. The van der Waals surface area contributed by atoms with Crippen molar-refractivity contribution in [3.8, 4) is 0 Å². The third-order valence-corrected chi connectivity index (χ3v) is 4.72. The molecule has 0 amide bonds. The van der Waals surface area contributed by atoms with Crippen LogP contribution in [-0.4, -0.2) is 35.5 Å². The molecule has 146 valence electrons. The number of aliphatic imine (C=N–C) groups is 1. The number of nitrogens with two attached hydrogens (primary N) is 1. The minimum Gasteiger partial charge on any atom is -0.370 e.